The third-order valence-corrected chi connectivity index (χ3v) is 6.51. The number of carbonyl (C=O) groups is 1. The van der Waals surface area contributed by atoms with E-state index in [0.29, 0.717) is 11.6 Å². The maximum atomic E-state index is 13.3. The number of para-hydroxylation sites is 1. The van der Waals surface area contributed by atoms with Crippen LogP contribution in [0.5, 0.6) is 0 Å². The second-order valence-electron chi connectivity index (χ2n) is 10.4. The molecule has 1 unspecified atom stereocenters. The molecule has 0 radical (unpaired) electrons. The average molecular weight is 531 g/mol. The summed E-state index contributed by atoms with van der Waals surface area (Å²) in [6.07, 6.45) is -0.895. The third-order valence-electron chi connectivity index (χ3n) is 6.26. The molecule has 5 nitrogen and oxygen atoms in total. The molecule has 38 heavy (non-hydrogen) atoms. The quantitative estimate of drug-likeness (QED) is 0.216. The molecule has 0 bridgehead atoms. The predicted molar refractivity (Wildman–Crippen MR) is 156 cm³/mol. The van der Waals surface area contributed by atoms with Gasteiger partial charge in [0.2, 0.25) is 0 Å². The molecule has 6 heteroatoms. The Labute approximate surface area is 230 Å². The molecule has 0 fully saturated rings. The first-order chi connectivity index (χ1) is 18.1. The molecule has 1 aromatic heterocycles. The van der Waals surface area contributed by atoms with Crippen molar-refractivity contribution in [2.24, 2.45) is 0 Å². The van der Waals surface area contributed by atoms with E-state index in [-0.39, 0.29) is 6.61 Å². The molecule has 0 spiro atoms. The first-order valence-corrected chi connectivity index (χ1v) is 13.2. The number of carbonyl (C=O) groups excluding carboxylic acids is 1. The van der Waals surface area contributed by atoms with Crippen LogP contribution in [-0.2, 0) is 20.8 Å². The van der Waals surface area contributed by atoms with Crippen molar-refractivity contribution >= 4 is 34.2 Å². The minimum atomic E-state index is -0.895. The van der Waals surface area contributed by atoms with Crippen LogP contribution < -0.4 is 4.90 Å². The van der Waals surface area contributed by atoms with Crippen molar-refractivity contribution in [3.05, 3.63) is 94.6 Å². The number of pyridine rings is 1. The number of halogens is 1. The number of nitrogens with zero attached hydrogens (tertiary/aromatic N) is 2. The normalized spacial score (nSPS) is 12.4. The number of hydrogen-bond acceptors (Lipinski definition) is 5. The van der Waals surface area contributed by atoms with E-state index in [1.54, 1.807) is 6.92 Å². The van der Waals surface area contributed by atoms with Crippen molar-refractivity contribution in [3.8, 4) is 11.1 Å². The van der Waals surface area contributed by atoms with Crippen molar-refractivity contribution < 1.29 is 14.3 Å². The van der Waals surface area contributed by atoms with E-state index < -0.39 is 17.7 Å². The first-order valence-electron chi connectivity index (χ1n) is 12.9. The first kappa shape index (κ1) is 27.6. The Kier molecular flexibility index (Phi) is 8.39. The van der Waals surface area contributed by atoms with Gasteiger partial charge in [0.1, 0.15) is 0 Å². The number of fused-ring (bicyclic) bond motifs is 1. The zero-order valence-electron chi connectivity index (χ0n) is 22.9. The molecule has 0 saturated heterocycles. The SMILES string of the molecule is CCOC(=O)C(OC(C)(C)C)c1c(C)cc2nc(CN(C)c3ccccc3)ccc2c1-c1ccc(Cl)cc1. The standard InChI is InChI=1S/C32H35ClN2O3/c1-7-37-31(36)30(38-32(3,4)5)28-21(2)19-27-26(29(28)22-13-15-23(33)16-14-22)18-17-24(34-27)20-35(6)25-11-9-8-10-12-25/h8-19,30H,7,20H2,1-6H3. The lowest BCUT2D eigenvalue weighted by Crippen LogP contribution is -2.29. The van der Waals surface area contributed by atoms with Gasteiger partial charge in [0.15, 0.2) is 6.10 Å². The average Bonchev–Trinajstić information content (AvgIpc) is 2.87. The zero-order chi connectivity index (χ0) is 27.4. The maximum Gasteiger partial charge on any atom is 0.339 e. The van der Waals surface area contributed by atoms with Gasteiger partial charge in [-0.25, -0.2) is 4.79 Å². The number of rotatable bonds is 8. The molecule has 198 valence electrons. The third kappa shape index (κ3) is 6.35. The second kappa shape index (κ2) is 11.5. The summed E-state index contributed by atoms with van der Waals surface area (Å²) in [5.41, 5.74) is 5.88. The number of esters is 1. The van der Waals surface area contributed by atoms with Gasteiger partial charge in [0.05, 0.1) is 30.0 Å². The van der Waals surface area contributed by atoms with Crippen LogP contribution in [0.25, 0.3) is 22.0 Å². The molecular weight excluding hydrogens is 496 g/mol. The largest absolute Gasteiger partial charge is 0.464 e. The van der Waals surface area contributed by atoms with Gasteiger partial charge >= 0.3 is 5.97 Å². The summed E-state index contributed by atoms with van der Waals surface area (Å²) in [6, 6.07) is 24.1. The highest BCUT2D eigenvalue weighted by atomic mass is 35.5. The van der Waals surface area contributed by atoms with Crippen LogP contribution in [0.2, 0.25) is 5.02 Å². The molecule has 0 aliphatic heterocycles. The van der Waals surface area contributed by atoms with Crippen LogP contribution in [0.15, 0.2) is 72.8 Å². The van der Waals surface area contributed by atoms with Crippen molar-refractivity contribution in [1.29, 1.82) is 0 Å². The molecule has 0 aliphatic carbocycles. The molecular formula is C32H35ClN2O3. The van der Waals surface area contributed by atoms with Gasteiger partial charge in [-0.05, 0) is 87.7 Å². The van der Waals surface area contributed by atoms with Crippen LogP contribution in [-0.4, -0.2) is 30.2 Å². The number of anilines is 1. The number of hydrogen-bond donors (Lipinski definition) is 0. The molecule has 4 rings (SSSR count). The van der Waals surface area contributed by atoms with Crippen molar-refractivity contribution in [1.82, 2.24) is 4.98 Å². The van der Waals surface area contributed by atoms with Crippen LogP contribution in [0.4, 0.5) is 5.69 Å². The van der Waals surface area contributed by atoms with Gasteiger partial charge in [-0.15, -0.1) is 0 Å². The van der Waals surface area contributed by atoms with Gasteiger partial charge in [0.25, 0.3) is 0 Å². The fraction of sp³-hybridized carbons (Fsp3) is 0.312. The Morgan fingerprint density at radius 2 is 1.71 bits per heavy atom. The molecule has 0 amide bonds. The highest BCUT2D eigenvalue weighted by Crippen LogP contribution is 2.41. The van der Waals surface area contributed by atoms with Gasteiger partial charge < -0.3 is 14.4 Å². The van der Waals surface area contributed by atoms with E-state index >= 15 is 0 Å². The lowest BCUT2D eigenvalue weighted by atomic mass is 9.88. The molecule has 0 saturated carbocycles. The number of ether oxygens (including phenoxy) is 2. The van der Waals surface area contributed by atoms with E-state index in [2.05, 4.69) is 30.1 Å². The predicted octanol–water partition coefficient (Wildman–Crippen LogP) is 7.92. The summed E-state index contributed by atoms with van der Waals surface area (Å²) in [4.78, 5) is 20.5. The summed E-state index contributed by atoms with van der Waals surface area (Å²) < 4.78 is 11.8. The fourth-order valence-corrected chi connectivity index (χ4v) is 4.76. The van der Waals surface area contributed by atoms with E-state index in [9.17, 15) is 4.79 Å². The Hall–Kier alpha value is -3.41. The molecule has 0 N–H and O–H groups in total. The lowest BCUT2D eigenvalue weighted by molar-refractivity contribution is -0.166. The van der Waals surface area contributed by atoms with Crippen LogP contribution >= 0.6 is 11.6 Å². The van der Waals surface area contributed by atoms with Crippen molar-refractivity contribution in [2.75, 3.05) is 18.6 Å². The summed E-state index contributed by atoms with van der Waals surface area (Å²) in [5, 5.41) is 1.58. The van der Waals surface area contributed by atoms with Gasteiger partial charge in [-0.2, -0.15) is 0 Å². The van der Waals surface area contributed by atoms with Gasteiger partial charge in [-0.1, -0.05) is 48.0 Å². The van der Waals surface area contributed by atoms with Crippen LogP contribution in [0, 0.1) is 6.92 Å². The van der Waals surface area contributed by atoms with E-state index in [1.165, 1.54) is 0 Å². The lowest BCUT2D eigenvalue weighted by Gasteiger charge is -2.29. The summed E-state index contributed by atoms with van der Waals surface area (Å²) >= 11 is 6.23. The molecule has 1 heterocycles. The highest BCUT2D eigenvalue weighted by Gasteiger charge is 2.33. The summed E-state index contributed by atoms with van der Waals surface area (Å²) in [7, 11) is 2.06. The Morgan fingerprint density at radius 1 is 1.03 bits per heavy atom. The molecule has 3 aromatic carbocycles. The molecule has 4 aromatic rings. The molecule has 1 atom stereocenters. The summed E-state index contributed by atoms with van der Waals surface area (Å²) in [5.74, 6) is -0.408. The van der Waals surface area contributed by atoms with Gasteiger partial charge in [0, 0.05) is 28.7 Å². The summed E-state index contributed by atoms with van der Waals surface area (Å²) in [6.45, 7) is 10.5. The highest BCUT2D eigenvalue weighted by molar-refractivity contribution is 6.30. The number of aryl methyl sites for hydroxylation is 1. The minimum absolute atomic E-state index is 0.269. The number of aromatic nitrogens is 1. The van der Waals surface area contributed by atoms with Crippen LogP contribution in [0.1, 0.15) is 50.6 Å². The van der Waals surface area contributed by atoms with Gasteiger partial charge in [-0.3, -0.25) is 4.98 Å². The molecule has 0 aliphatic rings. The van der Waals surface area contributed by atoms with E-state index in [0.717, 1.165) is 44.5 Å². The van der Waals surface area contributed by atoms with Crippen molar-refractivity contribution in [2.45, 2.75) is 52.9 Å². The minimum Gasteiger partial charge on any atom is -0.464 e. The van der Waals surface area contributed by atoms with E-state index in [4.69, 9.17) is 26.1 Å². The smallest absolute Gasteiger partial charge is 0.339 e. The monoisotopic (exact) mass is 530 g/mol. The zero-order valence-corrected chi connectivity index (χ0v) is 23.7. The Balaban J connectivity index is 1.89. The van der Waals surface area contributed by atoms with Crippen LogP contribution in [0.3, 0.4) is 0 Å². The Bertz CT molecular complexity index is 1410. The second-order valence-corrected chi connectivity index (χ2v) is 10.8. The maximum absolute atomic E-state index is 13.3. The Morgan fingerprint density at radius 3 is 2.34 bits per heavy atom. The number of benzene rings is 3. The topological polar surface area (TPSA) is 51.7 Å². The van der Waals surface area contributed by atoms with E-state index in [1.807, 2.05) is 82.3 Å². The van der Waals surface area contributed by atoms with Crippen molar-refractivity contribution in [3.63, 3.8) is 0 Å². The fourth-order valence-electron chi connectivity index (χ4n) is 4.63.